The second kappa shape index (κ2) is 7.26. The molecule has 1 amide bonds. The number of hydrogen-bond acceptors (Lipinski definition) is 4. The number of benzene rings is 1. The van der Waals surface area contributed by atoms with Crippen LogP contribution < -0.4 is 5.32 Å². The van der Waals surface area contributed by atoms with Gasteiger partial charge in [0.25, 0.3) is 0 Å². The first kappa shape index (κ1) is 15.6. The molecule has 2 rings (SSSR count). The highest BCUT2D eigenvalue weighted by molar-refractivity contribution is 7.99. The molecule has 0 atom stereocenters. The van der Waals surface area contributed by atoms with Crippen LogP contribution in [0.1, 0.15) is 38.1 Å². The summed E-state index contributed by atoms with van der Waals surface area (Å²) >= 11 is 1.33. The average Bonchev–Trinajstić information content (AvgIpc) is 2.93. The van der Waals surface area contributed by atoms with Gasteiger partial charge in [-0.2, -0.15) is 0 Å². The predicted molar refractivity (Wildman–Crippen MR) is 85.6 cm³/mol. The van der Waals surface area contributed by atoms with E-state index in [1.807, 2.05) is 31.2 Å². The van der Waals surface area contributed by atoms with Crippen molar-refractivity contribution in [2.75, 3.05) is 11.1 Å². The molecule has 112 valence electrons. The fourth-order valence-electron chi connectivity index (χ4n) is 1.93. The number of anilines is 1. The van der Waals surface area contributed by atoms with Crippen LogP contribution in [0.5, 0.6) is 0 Å². The van der Waals surface area contributed by atoms with Gasteiger partial charge < -0.3 is 5.32 Å². The number of hydrogen-bond donors (Lipinski definition) is 2. The predicted octanol–water partition coefficient (Wildman–Crippen LogP) is 3.22. The summed E-state index contributed by atoms with van der Waals surface area (Å²) in [5.41, 5.74) is 2.02. The van der Waals surface area contributed by atoms with E-state index < -0.39 is 0 Å². The number of nitrogens with one attached hydrogen (secondary N) is 2. The third-order valence-electron chi connectivity index (χ3n) is 3.04. The van der Waals surface area contributed by atoms with Crippen molar-refractivity contribution in [1.82, 2.24) is 15.2 Å². The number of thioether (sulfide) groups is 1. The summed E-state index contributed by atoms with van der Waals surface area (Å²) in [6, 6.07) is 7.88. The summed E-state index contributed by atoms with van der Waals surface area (Å²) < 4.78 is 0. The SMILES string of the molecule is CCc1nc(SCC(=O)Nc2ccccc2C(C)C)n[nH]1. The third kappa shape index (κ3) is 4.32. The van der Waals surface area contributed by atoms with Crippen LogP contribution in [0.2, 0.25) is 0 Å². The van der Waals surface area contributed by atoms with Crippen molar-refractivity contribution < 1.29 is 4.79 Å². The van der Waals surface area contributed by atoms with E-state index in [-0.39, 0.29) is 5.91 Å². The van der Waals surface area contributed by atoms with E-state index in [1.165, 1.54) is 11.8 Å². The first-order chi connectivity index (χ1) is 10.1. The molecule has 2 N–H and O–H groups in total. The highest BCUT2D eigenvalue weighted by Gasteiger charge is 2.11. The lowest BCUT2D eigenvalue weighted by atomic mass is 10.0. The first-order valence-corrected chi connectivity index (χ1v) is 8.01. The average molecular weight is 304 g/mol. The maximum atomic E-state index is 12.0. The van der Waals surface area contributed by atoms with Crippen LogP contribution in [0.4, 0.5) is 5.69 Å². The number of aromatic amines is 1. The Morgan fingerprint density at radius 2 is 2.14 bits per heavy atom. The van der Waals surface area contributed by atoms with Gasteiger partial charge in [0, 0.05) is 12.1 Å². The standard InChI is InChI=1S/C15H20N4OS/c1-4-13-17-15(19-18-13)21-9-14(20)16-12-8-6-5-7-11(12)10(2)3/h5-8,10H,4,9H2,1-3H3,(H,16,20)(H,17,18,19). The minimum Gasteiger partial charge on any atom is -0.325 e. The van der Waals surface area contributed by atoms with Gasteiger partial charge in [-0.1, -0.05) is 50.7 Å². The van der Waals surface area contributed by atoms with Crippen LogP contribution in [-0.2, 0) is 11.2 Å². The molecule has 0 spiro atoms. The topological polar surface area (TPSA) is 70.7 Å². The highest BCUT2D eigenvalue weighted by Crippen LogP contribution is 2.24. The molecule has 0 aliphatic rings. The Bertz CT molecular complexity index is 609. The molecule has 0 radical (unpaired) electrons. The number of aryl methyl sites for hydroxylation is 1. The van der Waals surface area contributed by atoms with Crippen LogP contribution in [0, 0.1) is 0 Å². The van der Waals surface area contributed by atoms with Gasteiger partial charge in [-0.3, -0.25) is 9.89 Å². The Morgan fingerprint density at radius 1 is 1.38 bits per heavy atom. The van der Waals surface area contributed by atoms with Crippen molar-refractivity contribution >= 4 is 23.4 Å². The molecule has 5 nitrogen and oxygen atoms in total. The molecule has 1 heterocycles. The molecule has 1 aromatic heterocycles. The number of H-pyrrole nitrogens is 1. The Morgan fingerprint density at radius 3 is 2.81 bits per heavy atom. The van der Waals surface area contributed by atoms with Crippen LogP contribution in [0.25, 0.3) is 0 Å². The van der Waals surface area contributed by atoms with E-state index in [2.05, 4.69) is 34.3 Å². The molecular formula is C15H20N4OS. The van der Waals surface area contributed by atoms with Crippen molar-refractivity contribution in [3.05, 3.63) is 35.7 Å². The van der Waals surface area contributed by atoms with Crippen molar-refractivity contribution in [2.45, 2.75) is 38.3 Å². The lowest BCUT2D eigenvalue weighted by Gasteiger charge is -2.13. The van der Waals surface area contributed by atoms with E-state index in [0.717, 1.165) is 23.5 Å². The van der Waals surface area contributed by atoms with E-state index in [4.69, 9.17) is 0 Å². The Hall–Kier alpha value is -1.82. The molecule has 1 aromatic carbocycles. The van der Waals surface area contributed by atoms with Crippen molar-refractivity contribution in [3.8, 4) is 0 Å². The van der Waals surface area contributed by atoms with Gasteiger partial charge in [-0.25, -0.2) is 4.98 Å². The normalized spacial score (nSPS) is 10.9. The number of para-hydroxylation sites is 1. The second-order valence-electron chi connectivity index (χ2n) is 5.00. The maximum Gasteiger partial charge on any atom is 0.234 e. The number of nitrogens with zero attached hydrogens (tertiary/aromatic N) is 2. The van der Waals surface area contributed by atoms with Crippen LogP contribution in [0.3, 0.4) is 0 Å². The lowest BCUT2D eigenvalue weighted by molar-refractivity contribution is -0.113. The number of aromatic nitrogens is 3. The lowest BCUT2D eigenvalue weighted by Crippen LogP contribution is -2.15. The largest absolute Gasteiger partial charge is 0.325 e. The minimum absolute atomic E-state index is 0.0454. The smallest absolute Gasteiger partial charge is 0.234 e. The molecule has 0 bridgehead atoms. The zero-order valence-electron chi connectivity index (χ0n) is 12.5. The quantitative estimate of drug-likeness (QED) is 0.804. The fraction of sp³-hybridized carbons (Fsp3) is 0.400. The number of carbonyl (C=O) groups is 1. The van der Waals surface area contributed by atoms with E-state index >= 15 is 0 Å². The summed E-state index contributed by atoms with van der Waals surface area (Å²) in [5.74, 6) is 1.46. The molecule has 6 heteroatoms. The summed E-state index contributed by atoms with van der Waals surface area (Å²) in [4.78, 5) is 16.3. The van der Waals surface area contributed by atoms with Crippen LogP contribution in [-0.4, -0.2) is 26.8 Å². The van der Waals surface area contributed by atoms with Gasteiger partial charge in [0.1, 0.15) is 5.82 Å². The van der Waals surface area contributed by atoms with E-state index in [0.29, 0.717) is 16.8 Å². The highest BCUT2D eigenvalue weighted by atomic mass is 32.2. The molecule has 21 heavy (non-hydrogen) atoms. The molecule has 0 saturated heterocycles. The van der Waals surface area contributed by atoms with Crippen molar-refractivity contribution in [2.24, 2.45) is 0 Å². The first-order valence-electron chi connectivity index (χ1n) is 7.03. The van der Waals surface area contributed by atoms with Crippen molar-refractivity contribution in [3.63, 3.8) is 0 Å². The third-order valence-corrected chi connectivity index (χ3v) is 3.88. The fourth-order valence-corrected chi connectivity index (χ4v) is 2.55. The number of carbonyl (C=O) groups excluding carboxylic acids is 1. The van der Waals surface area contributed by atoms with Gasteiger partial charge in [0.15, 0.2) is 0 Å². The molecule has 0 fully saturated rings. The molecule has 0 saturated carbocycles. The molecule has 2 aromatic rings. The van der Waals surface area contributed by atoms with Crippen molar-refractivity contribution in [1.29, 1.82) is 0 Å². The van der Waals surface area contributed by atoms with Crippen LogP contribution >= 0.6 is 11.8 Å². The maximum absolute atomic E-state index is 12.0. The van der Waals surface area contributed by atoms with Gasteiger partial charge in [-0.15, -0.1) is 5.10 Å². The molecule has 0 aliphatic carbocycles. The number of rotatable bonds is 6. The Kier molecular flexibility index (Phi) is 5.38. The van der Waals surface area contributed by atoms with Gasteiger partial charge in [0.2, 0.25) is 11.1 Å². The zero-order chi connectivity index (χ0) is 15.2. The Balaban J connectivity index is 1.93. The zero-order valence-corrected chi connectivity index (χ0v) is 13.3. The van der Waals surface area contributed by atoms with Gasteiger partial charge in [0.05, 0.1) is 5.75 Å². The second-order valence-corrected chi connectivity index (χ2v) is 5.94. The summed E-state index contributed by atoms with van der Waals surface area (Å²) in [6.45, 7) is 6.23. The summed E-state index contributed by atoms with van der Waals surface area (Å²) in [7, 11) is 0. The minimum atomic E-state index is -0.0454. The van der Waals surface area contributed by atoms with E-state index in [1.54, 1.807) is 0 Å². The molecular weight excluding hydrogens is 284 g/mol. The summed E-state index contributed by atoms with van der Waals surface area (Å²) in [6.07, 6.45) is 0.807. The van der Waals surface area contributed by atoms with Crippen LogP contribution in [0.15, 0.2) is 29.4 Å². The van der Waals surface area contributed by atoms with Gasteiger partial charge >= 0.3 is 0 Å². The van der Waals surface area contributed by atoms with E-state index in [9.17, 15) is 4.79 Å². The van der Waals surface area contributed by atoms with Gasteiger partial charge in [-0.05, 0) is 17.5 Å². The summed E-state index contributed by atoms with van der Waals surface area (Å²) in [5, 5.41) is 10.5. The Labute approximate surface area is 128 Å². The number of amides is 1. The monoisotopic (exact) mass is 304 g/mol. The molecule has 0 aliphatic heterocycles. The molecule has 0 unspecified atom stereocenters.